The molecule has 0 aromatic carbocycles. The summed E-state index contributed by atoms with van der Waals surface area (Å²) in [6.45, 7) is 6.47. The van der Waals surface area contributed by atoms with Gasteiger partial charge in [-0.25, -0.2) is 0 Å². The molecule has 6 heteroatoms. The Labute approximate surface area is 122 Å². The average Bonchev–Trinajstić information content (AvgIpc) is 2.72. The van der Waals surface area contributed by atoms with E-state index in [9.17, 15) is 5.11 Å². The first-order chi connectivity index (χ1) is 9.13. The van der Waals surface area contributed by atoms with Gasteiger partial charge in [-0.1, -0.05) is 6.92 Å². The zero-order chi connectivity index (χ0) is 13.8. The van der Waals surface area contributed by atoms with E-state index in [1.807, 2.05) is 11.7 Å². The molecule has 0 amide bonds. The molecule has 1 fully saturated rings. The minimum atomic E-state index is -0.510. The molecule has 1 aromatic rings. The van der Waals surface area contributed by atoms with Crippen LogP contribution in [0.3, 0.4) is 0 Å². The van der Waals surface area contributed by atoms with Crippen LogP contribution in [0, 0.1) is 0 Å². The van der Waals surface area contributed by atoms with Crippen molar-refractivity contribution >= 4 is 15.9 Å². The van der Waals surface area contributed by atoms with Crippen molar-refractivity contribution in [1.82, 2.24) is 14.7 Å². The van der Waals surface area contributed by atoms with E-state index < -0.39 is 6.10 Å². The maximum Gasteiger partial charge on any atom is 0.105 e. The number of nitrogens with zero attached hydrogens (tertiary/aromatic N) is 3. The Kier molecular flexibility index (Phi) is 5.38. The van der Waals surface area contributed by atoms with E-state index in [2.05, 4.69) is 32.9 Å². The van der Waals surface area contributed by atoms with Gasteiger partial charge in [-0.2, -0.15) is 5.10 Å². The molecule has 1 unspecified atom stereocenters. The summed E-state index contributed by atoms with van der Waals surface area (Å²) >= 11 is 3.55. The van der Waals surface area contributed by atoms with Crippen LogP contribution in [0.2, 0.25) is 0 Å². The highest BCUT2D eigenvalue weighted by molar-refractivity contribution is 9.10. The highest BCUT2D eigenvalue weighted by atomic mass is 79.9. The lowest BCUT2D eigenvalue weighted by molar-refractivity contribution is 0.0296. The summed E-state index contributed by atoms with van der Waals surface area (Å²) in [5.41, 5.74) is 1.88. The van der Waals surface area contributed by atoms with Crippen LogP contribution in [0.4, 0.5) is 0 Å². The van der Waals surface area contributed by atoms with Crippen LogP contribution in [0.5, 0.6) is 0 Å². The molecular formula is C13H22BrN3O2. The lowest BCUT2D eigenvalue weighted by Gasteiger charge is -2.27. The van der Waals surface area contributed by atoms with E-state index >= 15 is 0 Å². The van der Waals surface area contributed by atoms with E-state index in [0.29, 0.717) is 6.42 Å². The number of aryl methyl sites for hydroxylation is 1. The fraction of sp³-hybridized carbons (Fsp3) is 0.769. The number of halogens is 1. The van der Waals surface area contributed by atoms with Crippen molar-refractivity contribution < 1.29 is 9.84 Å². The highest BCUT2D eigenvalue weighted by Gasteiger charge is 2.20. The predicted octanol–water partition coefficient (Wildman–Crippen LogP) is 1.50. The smallest absolute Gasteiger partial charge is 0.105 e. The van der Waals surface area contributed by atoms with Crippen LogP contribution in [0.15, 0.2) is 4.47 Å². The van der Waals surface area contributed by atoms with E-state index in [1.165, 1.54) is 0 Å². The Hall–Kier alpha value is -0.430. The predicted molar refractivity (Wildman–Crippen MR) is 77.1 cm³/mol. The van der Waals surface area contributed by atoms with Crippen LogP contribution < -0.4 is 0 Å². The minimum Gasteiger partial charge on any atom is -0.387 e. The first-order valence-corrected chi connectivity index (χ1v) is 7.62. The molecule has 2 rings (SSSR count). The molecule has 1 saturated heterocycles. The van der Waals surface area contributed by atoms with Gasteiger partial charge in [-0.3, -0.25) is 9.58 Å². The second-order valence-corrected chi connectivity index (χ2v) is 5.67. The van der Waals surface area contributed by atoms with Crippen molar-refractivity contribution in [2.24, 2.45) is 7.05 Å². The van der Waals surface area contributed by atoms with Gasteiger partial charge in [0.05, 0.1) is 23.4 Å². The fourth-order valence-corrected chi connectivity index (χ4v) is 3.30. The molecule has 0 bridgehead atoms. The molecule has 1 aromatic heterocycles. The highest BCUT2D eigenvalue weighted by Crippen LogP contribution is 2.28. The van der Waals surface area contributed by atoms with Gasteiger partial charge >= 0.3 is 0 Å². The first-order valence-electron chi connectivity index (χ1n) is 6.83. The van der Waals surface area contributed by atoms with Crippen molar-refractivity contribution in [1.29, 1.82) is 0 Å². The maximum absolute atomic E-state index is 10.3. The summed E-state index contributed by atoms with van der Waals surface area (Å²) in [6, 6.07) is 0. The number of hydrogen-bond donors (Lipinski definition) is 1. The summed E-state index contributed by atoms with van der Waals surface area (Å²) in [7, 11) is 1.92. The summed E-state index contributed by atoms with van der Waals surface area (Å²) in [5, 5.41) is 14.7. The third-order valence-electron chi connectivity index (χ3n) is 3.60. The van der Waals surface area contributed by atoms with Gasteiger partial charge in [0, 0.05) is 26.7 Å². The van der Waals surface area contributed by atoms with Crippen LogP contribution >= 0.6 is 15.9 Å². The largest absolute Gasteiger partial charge is 0.387 e. The third-order valence-corrected chi connectivity index (χ3v) is 4.46. The minimum absolute atomic E-state index is 0.510. The average molecular weight is 332 g/mol. The molecule has 5 nitrogen and oxygen atoms in total. The lowest BCUT2D eigenvalue weighted by atomic mass is 10.1. The Morgan fingerprint density at radius 3 is 2.68 bits per heavy atom. The van der Waals surface area contributed by atoms with Gasteiger partial charge in [-0.15, -0.1) is 0 Å². The molecular weight excluding hydrogens is 310 g/mol. The summed E-state index contributed by atoms with van der Waals surface area (Å²) in [6.07, 6.45) is 1.10. The van der Waals surface area contributed by atoms with Crippen LogP contribution in [0.1, 0.15) is 30.8 Å². The summed E-state index contributed by atoms with van der Waals surface area (Å²) < 4.78 is 8.11. The van der Waals surface area contributed by atoms with Crippen molar-refractivity contribution in [3.63, 3.8) is 0 Å². The zero-order valence-corrected chi connectivity index (χ0v) is 13.2. The van der Waals surface area contributed by atoms with E-state index in [4.69, 9.17) is 4.74 Å². The van der Waals surface area contributed by atoms with E-state index in [0.717, 1.165) is 55.1 Å². The Balaban J connectivity index is 1.93. The van der Waals surface area contributed by atoms with E-state index in [1.54, 1.807) is 0 Å². The van der Waals surface area contributed by atoms with Gasteiger partial charge < -0.3 is 9.84 Å². The monoisotopic (exact) mass is 331 g/mol. The topological polar surface area (TPSA) is 50.5 Å². The number of aliphatic hydroxyl groups is 1. The molecule has 0 spiro atoms. The molecule has 0 radical (unpaired) electrons. The molecule has 2 heterocycles. The van der Waals surface area contributed by atoms with Gasteiger partial charge in [-0.05, 0) is 28.8 Å². The van der Waals surface area contributed by atoms with Crippen molar-refractivity contribution in [3.05, 3.63) is 15.9 Å². The molecule has 1 aliphatic heterocycles. The molecule has 19 heavy (non-hydrogen) atoms. The Bertz CT molecular complexity index is 416. The van der Waals surface area contributed by atoms with Gasteiger partial charge in [0.1, 0.15) is 11.8 Å². The molecule has 108 valence electrons. The second kappa shape index (κ2) is 6.83. The zero-order valence-electron chi connectivity index (χ0n) is 11.6. The van der Waals surface area contributed by atoms with Crippen molar-refractivity contribution in [3.8, 4) is 0 Å². The van der Waals surface area contributed by atoms with Gasteiger partial charge in [0.25, 0.3) is 0 Å². The van der Waals surface area contributed by atoms with E-state index in [-0.39, 0.29) is 0 Å². The standard InChI is InChI=1S/C13H22BrN3O2/c1-3-10-12(14)13(15-16(10)2)11(18)4-5-17-6-8-19-9-7-17/h11,18H,3-9H2,1-2H3. The van der Waals surface area contributed by atoms with Crippen LogP contribution in [-0.4, -0.2) is 52.6 Å². The molecule has 0 saturated carbocycles. The summed E-state index contributed by atoms with van der Waals surface area (Å²) in [5.74, 6) is 0. The molecule has 0 aliphatic carbocycles. The maximum atomic E-state index is 10.3. The number of morpholine rings is 1. The Morgan fingerprint density at radius 1 is 1.42 bits per heavy atom. The SMILES string of the molecule is CCc1c(Br)c(C(O)CCN2CCOCC2)nn1C. The number of hydrogen-bond acceptors (Lipinski definition) is 4. The van der Waals surface area contributed by atoms with Gasteiger partial charge in [0.15, 0.2) is 0 Å². The third kappa shape index (κ3) is 3.56. The number of rotatable bonds is 5. The molecule has 1 aliphatic rings. The first kappa shape index (κ1) is 15.0. The van der Waals surface area contributed by atoms with Crippen LogP contribution in [0.25, 0.3) is 0 Å². The molecule has 1 N–H and O–H groups in total. The lowest BCUT2D eigenvalue weighted by Crippen LogP contribution is -2.37. The number of aliphatic hydroxyl groups excluding tert-OH is 1. The number of aromatic nitrogens is 2. The fourth-order valence-electron chi connectivity index (χ4n) is 2.42. The Morgan fingerprint density at radius 2 is 2.11 bits per heavy atom. The van der Waals surface area contributed by atoms with Crippen molar-refractivity contribution in [2.45, 2.75) is 25.9 Å². The quantitative estimate of drug-likeness (QED) is 0.888. The normalized spacial score (nSPS) is 18.7. The van der Waals surface area contributed by atoms with Crippen molar-refractivity contribution in [2.75, 3.05) is 32.8 Å². The van der Waals surface area contributed by atoms with Crippen LogP contribution in [-0.2, 0) is 18.2 Å². The summed E-state index contributed by atoms with van der Waals surface area (Å²) in [4.78, 5) is 2.32. The number of ether oxygens (including phenoxy) is 1. The van der Waals surface area contributed by atoms with Gasteiger partial charge in [0.2, 0.25) is 0 Å². The second-order valence-electron chi connectivity index (χ2n) is 4.88. The molecule has 1 atom stereocenters.